The number of hydrogen-bond acceptors (Lipinski definition) is 4. The minimum Gasteiger partial charge on any atom is -0.260 e. The van der Waals surface area contributed by atoms with Crippen LogP contribution in [0.1, 0.15) is 0 Å². The lowest BCUT2D eigenvalue weighted by Crippen LogP contribution is -1.88. The largest absolute Gasteiger partial charge is 0.260 e. The van der Waals surface area contributed by atoms with Gasteiger partial charge in [-0.3, -0.25) is 4.40 Å². The highest BCUT2D eigenvalue weighted by atomic mass is 79.9. The number of fused-ring (bicyclic) bond motifs is 1. The average Bonchev–Trinajstić information content (AvgIpc) is 2.46. The second-order valence-electron chi connectivity index (χ2n) is 2.13. The fraction of sp³-hybridized carbons (Fsp3) is 0.167. The van der Waals surface area contributed by atoms with Crippen molar-refractivity contribution >= 4 is 33.5 Å². The zero-order valence-corrected chi connectivity index (χ0v) is 8.63. The number of thioether (sulfide) groups is 1. The number of rotatable bonds is 1. The lowest BCUT2D eigenvalue weighted by Gasteiger charge is -1.94. The molecule has 0 aliphatic rings. The summed E-state index contributed by atoms with van der Waals surface area (Å²) >= 11 is 4.87. The molecule has 0 saturated carbocycles. The Labute approximate surface area is 81.5 Å². The molecule has 0 N–H and O–H groups in total. The summed E-state index contributed by atoms with van der Waals surface area (Å²) in [6.45, 7) is 0. The van der Waals surface area contributed by atoms with E-state index in [4.69, 9.17) is 0 Å². The first-order chi connectivity index (χ1) is 5.81. The monoisotopic (exact) mass is 244 g/mol. The van der Waals surface area contributed by atoms with E-state index < -0.39 is 0 Å². The maximum atomic E-state index is 4.08. The van der Waals surface area contributed by atoms with Crippen molar-refractivity contribution < 1.29 is 0 Å². The van der Waals surface area contributed by atoms with Crippen LogP contribution in [0.3, 0.4) is 0 Å². The first-order valence-electron chi connectivity index (χ1n) is 3.21. The maximum Gasteiger partial charge on any atom is 0.255 e. The van der Waals surface area contributed by atoms with E-state index in [-0.39, 0.29) is 0 Å². The Morgan fingerprint density at radius 1 is 1.50 bits per heavy atom. The number of nitrogens with zero attached hydrogens (tertiary/aromatic N) is 4. The van der Waals surface area contributed by atoms with Gasteiger partial charge in [-0.25, -0.2) is 4.98 Å². The van der Waals surface area contributed by atoms with Gasteiger partial charge in [0.15, 0.2) is 5.16 Å². The Kier molecular flexibility index (Phi) is 2.02. The summed E-state index contributed by atoms with van der Waals surface area (Å²) in [4.78, 5) is 4.08. The molecule has 0 bridgehead atoms. The van der Waals surface area contributed by atoms with Crippen molar-refractivity contribution in [1.82, 2.24) is 19.6 Å². The van der Waals surface area contributed by atoms with E-state index in [0.29, 0.717) is 5.78 Å². The molecule has 0 unspecified atom stereocenters. The van der Waals surface area contributed by atoms with Crippen LogP contribution in [-0.4, -0.2) is 25.8 Å². The molecule has 2 aromatic rings. The Balaban J connectivity index is 2.75. The molecular weight excluding hydrogens is 240 g/mol. The van der Waals surface area contributed by atoms with E-state index in [2.05, 4.69) is 31.1 Å². The van der Waals surface area contributed by atoms with Crippen molar-refractivity contribution in [3.8, 4) is 0 Å². The standard InChI is InChI=1S/C6H5BrN4S/c1-12-6-10-9-5-8-2-4(7)3-11(5)6/h2-3H,1H3. The van der Waals surface area contributed by atoms with Crippen LogP contribution >= 0.6 is 27.7 Å². The lowest BCUT2D eigenvalue weighted by molar-refractivity contribution is 0.918. The minimum atomic E-state index is 0.627. The lowest BCUT2D eigenvalue weighted by atomic mass is 10.7. The SMILES string of the molecule is CSc1nnc2ncc(Br)cn12. The Hall–Kier alpha value is -0.620. The van der Waals surface area contributed by atoms with Crippen molar-refractivity contribution in [2.45, 2.75) is 5.16 Å². The van der Waals surface area contributed by atoms with Gasteiger partial charge in [-0.1, -0.05) is 11.8 Å². The topological polar surface area (TPSA) is 43.1 Å². The van der Waals surface area contributed by atoms with Crippen LogP contribution in [0.15, 0.2) is 22.0 Å². The molecule has 0 radical (unpaired) electrons. The second kappa shape index (κ2) is 3.02. The highest BCUT2D eigenvalue weighted by Crippen LogP contribution is 2.14. The first-order valence-corrected chi connectivity index (χ1v) is 5.23. The van der Waals surface area contributed by atoms with Crippen LogP contribution in [0.5, 0.6) is 0 Å². The number of halogens is 1. The van der Waals surface area contributed by atoms with Crippen molar-refractivity contribution in [1.29, 1.82) is 0 Å². The van der Waals surface area contributed by atoms with Crippen LogP contribution in [0.4, 0.5) is 0 Å². The van der Waals surface area contributed by atoms with Crippen LogP contribution in [0, 0.1) is 0 Å². The summed E-state index contributed by atoms with van der Waals surface area (Å²) in [5.41, 5.74) is 0. The Bertz CT molecular complexity index is 413. The minimum absolute atomic E-state index is 0.627. The number of hydrogen-bond donors (Lipinski definition) is 0. The van der Waals surface area contributed by atoms with Gasteiger partial charge in [0.05, 0.1) is 4.47 Å². The van der Waals surface area contributed by atoms with Crippen molar-refractivity contribution in [3.63, 3.8) is 0 Å². The van der Waals surface area contributed by atoms with Gasteiger partial charge in [0.2, 0.25) is 0 Å². The van der Waals surface area contributed by atoms with Crippen LogP contribution in [0.25, 0.3) is 5.78 Å². The maximum absolute atomic E-state index is 4.08. The molecule has 62 valence electrons. The third-order valence-corrected chi connectivity index (χ3v) is 2.44. The van der Waals surface area contributed by atoms with Crippen molar-refractivity contribution in [2.24, 2.45) is 0 Å². The van der Waals surface area contributed by atoms with Crippen molar-refractivity contribution in [3.05, 3.63) is 16.9 Å². The molecule has 2 aromatic heterocycles. The third-order valence-electron chi connectivity index (χ3n) is 1.38. The molecule has 6 heteroatoms. The molecule has 2 heterocycles. The molecule has 2 rings (SSSR count). The summed E-state index contributed by atoms with van der Waals surface area (Å²) < 4.78 is 2.76. The van der Waals surface area contributed by atoms with Gasteiger partial charge >= 0.3 is 0 Å². The first kappa shape index (κ1) is 8.00. The highest BCUT2D eigenvalue weighted by Gasteiger charge is 2.03. The smallest absolute Gasteiger partial charge is 0.255 e. The fourth-order valence-corrected chi connectivity index (χ4v) is 1.65. The van der Waals surface area contributed by atoms with Gasteiger partial charge in [0.25, 0.3) is 5.78 Å². The normalized spacial score (nSPS) is 10.8. The summed E-state index contributed by atoms with van der Waals surface area (Å²) in [6, 6.07) is 0. The molecule has 0 atom stereocenters. The Morgan fingerprint density at radius 2 is 2.33 bits per heavy atom. The number of aromatic nitrogens is 4. The predicted molar refractivity (Wildman–Crippen MR) is 50.3 cm³/mol. The molecule has 0 aliphatic carbocycles. The van der Waals surface area contributed by atoms with Crippen LogP contribution < -0.4 is 0 Å². The predicted octanol–water partition coefficient (Wildman–Crippen LogP) is 1.61. The van der Waals surface area contributed by atoms with Crippen LogP contribution in [0.2, 0.25) is 0 Å². The van der Waals surface area contributed by atoms with Gasteiger partial charge in [0, 0.05) is 12.4 Å². The van der Waals surface area contributed by atoms with E-state index in [0.717, 1.165) is 9.63 Å². The molecule has 0 amide bonds. The van der Waals surface area contributed by atoms with Crippen LogP contribution in [-0.2, 0) is 0 Å². The molecule has 0 spiro atoms. The second-order valence-corrected chi connectivity index (χ2v) is 3.82. The van der Waals surface area contributed by atoms with Gasteiger partial charge in [0.1, 0.15) is 0 Å². The van der Waals surface area contributed by atoms with Gasteiger partial charge in [-0.05, 0) is 22.2 Å². The molecule has 0 aromatic carbocycles. The average molecular weight is 245 g/mol. The molecule has 0 aliphatic heterocycles. The van der Waals surface area contributed by atoms with Gasteiger partial charge < -0.3 is 0 Å². The van der Waals surface area contributed by atoms with E-state index in [1.54, 1.807) is 18.0 Å². The van der Waals surface area contributed by atoms with E-state index in [9.17, 15) is 0 Å². The zero-order valence-electron chi connectivity index (χ0n) is 6.23. The molecule has 0 fully saturated rings. The van der Waals surface area contributed by atoms with Crippen molar-refractivity contribution in [2.75, 3.05) is 6.26 Å². The quantitative estimate of drug-likeness (QED) is 0.716. The third kappa shape index (κ3) is 1.21. The molecule has 0 saturated heterocycles. The van der Waals surface area contributed by atoms with Gasteiger partial charge in [-0.2, -0.15) is 0 Å². The van der Waals surface area contributed by atoms with E-state index in [1.165, 1.54) is 0 Å². The molecular formula is C6H5BrN4S. The summed E-state index contributed by atoms with van der Waals surface area (Å²) in [6.07, 6.45) is 5.56. The Morgan fingerprint density at radius 3 is 3.08 bits per heavy atom. The fourth-order valence-electron chi connectivity index (χ4n) is 0.886. The summed E-state index contributed by atoms with van der Waals surface area (Å²) in [7, 11) is 0. The van der Waals surface area contributed by atoms with Gasteiger partial charge in [-0.15, -0.1) is 10.2 Å². The summed E-state index contributed by atoms with van der Waals surface area (Å²) in [5, 5.41) is 8.68. The summed E-state index contributed by atoms with van der Waals surface area (Å²) in [5.74, 6) is 0.627. The molecule has 12 heavy (non-hydrogen) atoms. The zero-order chi connectivity index (χ0) is 8.55. The van der Waals surface area contributed by atoms with E-state index >= 15 is 0 Å². The van der Waals surface area contributed by atoms with E-state index in [1.807, 2.05) is 16.9 Å². The molecule has 4 nitrogen and oxygen atoms in total. The highest BCUT2D eigenvalue weighted by molar-refractivity contribution is 9.10.